The van der Waals surface area contributed by atoms with Gasteiger partial charge in [0.2, 0.25) is 0 Å². The van der Waals surface area contributed by atoms with Gasteiger partial charge in [0, 0.05) is 39.8 Å². The maximum atomic E-state index is 13.8. The van der Waals surface area contributed by atoms with Gasteiger partial charge in [0.05, 0.1) is 6.54 Å². The molecule has 0 spiro atoms. The quantitative estimate of drug-likeness (QED) is 0.606. The summed E-state index contributed by atoms with van der Waals surface area (Å²) in [6.45, 7) is 4.22. The van der Waals surface area contributed by atoms with Crippen LogP contribution in [0.3, 0.4) is 0 Å². The van der Waals surface area contributed by atoms with Crippen LogP contribution in [-0.2, 0) is 20.1 Å². The molecule has 0 amide bonds. The number of hydrogen-bond acceptors (Lipinski definition) is 4. The Labute approximate surface area is 166 Å². The topological polar surface area (TPSA) is 61.6 Å². The van der Waals surface area contributed by atoms with Crippen molar-refractivity contribution in [2.24, 2.45) is 18.0 Å². The molecule has 1 N–H and O–H groups in total. The molecule has 1 aromatic carbocycles. The van der Waals surface area contributed by atoms with E-state index in [1.165, 1.54) is 6.07 Å². The molecule has 0 atom stereocenters. The van der Waals surface area contributed by atoms with Crippen LogP contribution in [0.1, 0.15) is 24.2 Å². The first-order valence-electron chi connectivity index (χ1n) is 9.77. The van der Waals surface area contributed by atoms with Crippen molar-refractivity contribution < 1.29 is 4.39 Å². The number of hydrogen-bond donors (Lipinski definition) is 1. The van der Waals surface area contributed by atoms with E-state index in [9.17, 15) is 4.39 Å². The van der Waals surface area contributed by atoms with Gasteiger partial charge >= 0.3 is 0 Å². The number of likely N-dealkylation sites (tertiary alicyclic amines) is 1. The van der Waals surface area contributed by atoms with Crippen molar-refractivity contribution in [1.82, 2.24) is 29.9 Å². The van der Waals surface area contributed by atoms with Crippen LogP contribution in [0.2, 0.25) is 0 Å². The molecule has 28 heavy (non-hydrogen) atoms. The first kappa shape index (κ1) is 20.3. The van der Waals surface area contributed by atoms with Gasteiger partial charge in [-0.1, -0.05) is 18.2 Å². The highest BCUT2D eigenvalue weighted by Gasteiger charge is 2.21. The molecule has 3 rings (SSSR count). The van der Waals surface area contributed by atoms with Gasteiger partial charge in [-0.3, -0.25) is 14.6 Å². The molecule has 0 aliphatic carbocycles. The molecule has 0 radical (unpaired) electrons. The molecule has 1 saturated heterocycles. The summed E-state index contributed by atoms with van der Waals surface area (Å²) >= 11 is 0. The van der Waals surface area contributed by atoms with E-state index in [0.717, 1.165) is 49.8 Å². The summed E-state index contributed by atoms with van der Waals surface area (Å²) < 4.78 is 15.6. The molecule has 1 fully saturated rings. The van der Waals surface area contributed by atoms with E-state index in [-0.39, 0.29) is 5.82 Å². The average molecular weight is 388 g/mol. The maximum Gasteiger partial charge on any atom is 0.193 e. The van der Waals surface area contributed by atoms with Crippen molar-refractivity contribution >= 4 is 5.96 Å². The van der Waals surface area contributed by atoms with Crippen molar-refractivity contribution in [3.05, 3.63) is 47.8 Å². The van der Waals surface area contributed by atoms with E-state index >= 15 is 0 Å². The van der Waals surface area contributed by atoms with E-state index in [4.69, 9.17) is 0 Å². The van der Waals surface area contributed by atoms with Crippen LogP contribution in [-0.4, -0.2) is 64.3 Å². The number of aromatic nitrogens is 3. The zero-order valence-electron chi connectivity index (χ0n) is 17.0. The number of guanidine groups is 1. The van der Waals surface area contributed by atoms with E-state index in [1.807, 2.05) is 26.2 Å². The Morgan fingerprint density at radius 3 is 2.71 bits per heavy atom. The van der Waals surface area contributed by atoms with Crippen LogP contribution >= 0.6 is 0 Å². The molecular formula is C20H30FN7. The van der Waals surface area contributed by atoms with Crippen LogP contribution in [0.5, 0.6) is 0 Å². The normalized spacial score (nSPS) is 16.4. The molecular weight excluding hydrogens is 357 g/mol. The molecule has 0 bridgehead atoms. The number of piperidine rings is 1. The first-order chi connectivity index (χ1) is 13.6. The monoisotopic (exact) mass is 387 g/mol. The summed E-state index contributed by atoms with van der Waals surface area (Å²) in [6.07, 6.45) is 3.77. The third-order valence-electron chi connectivity index (χ3n) is 5.36. The average Bonchev–Trinajstić information content (AvgIpc) is 3.10. The SMILES string of the molecule is CN=C(NCC1CCN(Cc2ccccc2F)CC1)N(C)Cc1ncnn1C. The fourth-order valence-corrected chi connectivity index (χ4v) is 3.59. The molecule has 0 unspecified atom stereocenters. The maximum absolute atomic E-state index is 13.8. The van der Waals surface area contributed by atoms with E-state index in [0.29, 0.717) is 19.0 Å². The third-order valence-corrected chi connectivity index (χ3v) is 5.36. The highest BCUT2D eigenvalue weighted by atomic mass is 19.1. The lowest BCUT2D eigenvalue weighted by atomic mass is 9.96. The van der Waals surface area contributed by atoms with Crippen LogP contribution < -0.4 is 5.32 Å². The molecule has 7 nitrogen and oxygen atoms in total. The number of nitrogens with zero attached hydrogens (tertiary/aromatic N) is 6. The summed E-state index contributed by atoms with van der Waals surface area (Å²) in [5.41, 5.74) is 0.782. The number of benzene rings is 1. The molecule has 1 aliphatic heterocycles. The Bertz CT molecular complexity index is 780. The van der Waals surface area contributed by atoms with Gasteiger partial charge in [0.1, 0.15) is 18.0 Å². The van der Waals surface area contributed by atoms with E-state index in [1.54, 1.807) is 24.1 Å². The van der Waals surface area contributed by atoms with Crippen molar-refractivity contribution in [2.75, 3.05) is 33.7 Å². The Balaban J connectivity index is 1.42. The predicted molar refractivity (Wildman–Crippen MR) is 108 cm³/mol. The van der Waals surface area contributed by atoms with Crippen LogP contribution in [0.15, 0.2) is 35.6 Å². The van der Waals surface area contributed by atoms with Crippen molar-refractivity contribution in [3.8, 4) is 0 Å². The molecule has 0 saturated carbocycles. The van der Waals surface area contributed by atoms with Gasteiger partial charge in [-0.2, -0.15) is 5.10 Å². The molecule has 2 heterocycles. The fourth-order valence-electron chi connectivity index (χ4n) is 3.59. The van der Waals surface area contributed by atoms with Crippen molar-refractivity contribution in [2.45, 2.75) is 25.9 Å². The van der Waals surface area contributed by atoms with Crippen LogP contribution in [0.25, 0.3) is 0 Å². The van der Waals surface area contributed by atoms with E-state index < -0.39 is 0 Å². The summed E-state index contributed by atoms with van der Waals surface area (Å²) in [7, 11) is 5.69. The zero-order valence-corrected chi connectivity index (χ0v) is 17.0. The molecule has 152 valence electrons. The minimum absolute atomic E-state index is 0.110. The number of rotatable bonds is 6. The van der Waals surface area contributed by atoms with Crippen LogP contribution in [0, 0.1) is 11.7 Å². The summed E-state index contributed by atoms with van der Waals surface area (Å²) in [6, 6.07) is 7.05. The standard InChI is InChI=1S/C20H30FN7/c1-22-20(26(2)14-19-24-15-25-27(19)3)23-12-16-8-10-28(11-9-16)13-17-6-4-5-7-18(17)21/h4-7,15-16H,8-14H2,1-3H3,(H,22,23). The minimum atomic E-state index is -0.110. The Hall–Kier alpha value is -2.48. The van der Waals surface area contributed by atoms with Crippen molar-refractivity contribution in [3.63, 3.8) is 0 Å². The number of nitrogens with one attached hydrogen (secondary N) is 1. The largest absolute Gasteiger partial charge is 0.356 e. The smallest absolute Gasteiger partial charge is 0.193 e. The lowest BCUT2D eigenvalue weighted by molar-refractivity contribution is 0.176. The zero-order chi connectivity index (χ0) is 19.9. The lowest BCUT2D eigenvalue weighted by Gasteiger charge is -2.33. The second-order valence-corrected chi connectivity index (χ2v) is 7.39. The molecule has 8 heteroatoms. The Kier molecular flexibility index (Phi) is 6.97. The molecule has 1 aliphatic rings. The summed E-state index contributed by atoms with van der Waals surface area (Å²) in [5.74, 6) is 2.24. The van der Waals surface area contributed by atoms with Gasteiger partial charge in [-0.05, 0) is 37.9 Å². The predicted octanol–water partition coefficient (Wildman–Crippen LogP) is 1.87. The fraction of sp³-hybridized carbons (Fsp3) is 0.550. The Morgan fingerprint density at radius 2 is 2.07 bits per heavy atom. The highest BCUT2D eigenvalue weighted by Crippen LogP contribution is 2.19. The number of aryl methyl sites for hydroxylation is 1. The highest BCUT2D eigenvalue weighted by molar-refractivity contribution is 5.79. The van der Waals surface area contributed by atoms with Gasteiger partial charge in [-0.15, -0.1) is 0 Å². The number of aliphatic imine (C=N–C) groups is 1. The first-order valence-corrected chi connectivity index (χ1v) is 9.77. The van der Waals surface area contributed by atoms with Gasteiger partial charge in [-0.25, -0.2) is 9.37 Å². The second-order valence-electron chi connectivity index (χ2n) is 7.39. The lowest BCUT2D eigenvalue weighted by Crippen LogP contribution is -2.43. The molecule has 2 aromatic rings. The summed E-state index contributed by atoms with van der Waals surface area (Å²) in [5, 5.41) is 7.59. The van der Waals surface area contributed by atoms with Gasteiger partial charge in [0.25, 0.3) is 0 Å². The Morgan fingerprint density at radius 1 is 1.32 bits per heavy atom. The number of halogens is 1. The minimum Gasteiger partial charge on any atom is -0.356 e. The third kappa shape index (κ3) is 5.28. The van der Waals surface area contributed by atoms with Crippen LogP contribution in [0.4, 0.5) is 4.39 Å². The molecule has 1 aromatic heterocycles. The second kappa shape index (κ2) is 9.64. The van der Waals surface area contributed by atoms with Gasteiger partial charge in [0.15, 0.2) is 5.96 Å². The van der Waals surface area contributed by atoms with Gasteiger partial charge < -0.3 is 10.2 Å². The van der Waals surface area contributed by atoms with E-state index in [2.05, 4.69) is 30.2 Å². The summed E-state index contributed by atoms with van der Waals surface area (Å²) in [4.78, 5) is 13.0. The van der Waals surface area contributed by atoms with Crippen molar-refractivity contribution in [1.29, 1.82) is 0 Å².